The van der Waals surface area contributed by atoms with E-state index in [1.807, 2.05) is 18.5 Å². The summed E-state index contributed by atoms with van der Waals surface area (Å²) in [5.41, 5.74) is 5.56. The molecule has 0 atom stereocenters. The molecule has 0 bridgehead atoms. The number of fused-ring (bicyclic) bond motifs is 1. The molecule has 2 rings (SSSR count). The number of hydrogen-bond donors (Lipinski definition) is 0. The van der Waals surface area contributed by atoms with Gasteiger partial charge in [-0.15, -0.1) is 0 Å². The number of aromatic nitrogens is 1. The van der Waals surface area contributed by atoms with E-state index in [2.05, 4.69) is 32.0 Å². The Balaban J connectivity index is 3.04. The van der Waals surface area contributed by atoms with Crippen LogP contribution in [0.5, 0.6) is 0 Å². The van der Waals surface area contributed by atoms with Gasteiger partial charge in [0, 0.05) is 12.4 Å². The second kappa shape index (κ2) is 3.13. The Bertz CT molecular complexity index is 583. The third-order valence-corrected chi connectivity index (χ3v) is 3.24. The van der Waals surface area contributed by atoms with Crippen LogP contribution in [0, 0.1) is 32.1 Å². The van der Waals surface area contributed by atoms with Crippen LogP contribution in [-0.2, 0) is 7.05 Å². The van der Waals surface area contributed by atoms with Gasteiger partial charge in [0.15, 0.2) is 0 Å². The molecule has 76 valence electrons. The molecule has 2 nitrogen and oxygen atoms in total. The summed E-state index contributed by atoms with van der Waals surface area (Å²) in [4.78, 5) is 0. The summed E-state index contributed by atoms with van der Waals surface area (Å²) in [6, 6.07) is 6.48. The maximum Gasteiger partial charge on any atom is 0.124 e. The van der Waals surface area contributed by atoms with Gasteiger partial charge in [0.2, 0.25) is 0 Å². The van der Waals surface area contributed by atoms with Gasteiger partial charge in [-0.2, -0.15) is 5.26 Å². The van der Waals surface area contributed by atoms with Crippen molar-refractivity contribution in [2.24, 2.45) is 7.05 Å². The first-order valence-electron chi connectivity index (χ1n) is 5.03. The van der Waals surface area contributed by atoms with Gasteiger partial charge in [0.05, 0.1) is 5.52 Å². The first-order valence-corrected chi connectivity index (χ1v) is 5.03. The van der Waals surface area contributed by atoms with Crippen LogP contribution in [0.3, 0.4) is 0 Å². The SMILES string of the molecule is Cc1ccc2c(C)c(C#N)n(C)c2c1C. The zero-order valence-corrected chi connectivity index (χ0v) is 9.55. The van der Waals surface area contributed by atoms with E-state index in [0.717, 1.165) is 11.3 Å². The number of hydrogen-bond acceptors (Lipinski definition) is 1. The highest BCUT2D eigenvalue weighted by molar-refractivity contribution is 5.89. The Kier molecular flexibility index (Phi) is 2.04. The molecule has 0 aliphatic rings. The van der Waals surface area contributed by atoms with Gasteiger partial charge in [-0.1, -0.05) is 12.1 Å². The number of rotatable bonds is 0. The van der Waals surface area contributed by atoms with Crippen molar-refractivity contribution in [3.63, 3.8) is 0 Å². The largest absolute Gasteiger partial charge is 0.335 e. The lowest BCUT2D eigenvalue weighted by Gasteiger charge is -2.04. The Hall–Kier alpha value is -1.75. The topological polar surface area (TPSA) is 28.7 Å². The van der Waals surface area contributed by atoms with E-state index in [-0.39, 0.29) is 0 Å². The van der Waals surface area contributed by atoms with Crippen molar-refractivity contribution in [1.29, 1.82) is 5.26 Å². The molecule has 0 aliphatic heterocycles. The standard InChI is InChI=1S/C13H14N2/c1-8-5-6-11-10(3)12(7-14)15(4)13(11)9(8)2/h5-6H,1-4H3. The minimum absolute atomic E-state index is 0.763. The summed E-state index contributed by atoms with van der Waals surface area (Å²) in [5, 5.41) is 10.3. The normalized spacial score (nSPS) is 10.6. The van der Waals surface area contributed by atoms with Crippen molar-refractivity contribution in [2.75, 3.05) is 0 Å². The summed E-state index contributed by atoms with van der Waals surface area (Å²) in [6.07, 6.45) is 0. The van der Waals surface area contributed by atoms with Gasteiger partial charge in [-0.3, -0.25) is 0 Å². The smallest absolute Gasteiger partial charge is 0.124 e. The molecule has 0 unspecified atom stereocenters. The van der Waals surface area contributed by atoms with Crippen molar-refractivity contribution in [3.05, 3.63) is 34.5 Å². The van der Waals surface area contributed by atoms with Crippen molar-refractivity contribution >= 4 is 10.9 Å². The van der Waals surface area contributed by atoms with E-state index >= 15 is 0 Å². The van der Waals surface area contributed by atoms with Crippen molar-refractivity contribution in [2.45, 2.75) is 20.8 Å². The average molecular weight is 198 g/mol. The molecule has 0 spiro atoms. The van der Waals surface area contributed by atoms with E-state index in [0.29, 0.717) is 0 Å². The average Bonchev–Trinajstić information content (AvgIpc) is 2.45. The number of aryl methyl sites for hydroxylation is 4. The monoisotopic (exact) mass is 198 g/mol. The van der Waals surface area contributed by atoms with Crippen LogP contribution in [0.4, 0.5) is 0 Å². The predicted molar refractivity (Wildman–Crippen MR) is 61.8 cm³/mol. The van der Waals surface area contributed by atoms with E-state index in [9.17, 15) is 0 Å². The molecule has 0 radical (unpaired) electrons. The van der Waals surface area contributed by atoms with Crippen molar-refractivity contribution in [3.8, 4) is 6.07 Å². The van der Waals surface area contributed by atoms with Crippen molar-refractivity contribution < 1.29 is 0 Å². The Labute approximate surface area is 89.7 Å². The Morgan fingerprint density at radius 3 is 2.40 bits per heavy atom. The molecule has 1 heterocycles. The molecule has 0 aliphatic carbocycles. The first-order chi connectivity index (χ1) is 7.07. The van der Waals surface area contributed by atoms with E-state index in [4.69, 9.17) is 5.26 Å². The summed E-state index contributed by atoms with van der Waals surface area (Å²) in [5.74, 6) is 0. The Morgan fingerprint density at radius 2 is 1.80 bits per heavy atom. The third-order valence-electron chi connectivity index (χ3n) is 3.24. The molecule has 0 saturated carbocycles. The van der Waals surface area contributed by atoms with Gasteiger partial charge in [0.25, 0.3) is 0 Å². The lowest BCUT2D eigenvalue weighted by molar-refractivity contribution is 0.935. The molecule has 0 N–H and O–H groups in total. The van der Waals surface area contributed by atoms with Crippen LogP contribution in [0.15, 0.2) is 12.1 Å². The maximum absolute atomic E-state index is 9.09. The fraction of sp³-hybridized carbons (Fsp3) is 0.308. The summed E-state index contributed by atoms with van der Waals surface area (Å²) < 4.78 is 1.99. The van der Waals surface area contributed by atoms with Gasteiger partial charge in [0.1, 0.15) is 11.8 Å². The molecular formula is C13H14N2. The molecule has 0 fully saturated rings. The van der Waals surface area contributed by atoms with Gasteiger partial charge in [-0.25, -0.2) is 0 Å². The number of nitrogens with zero attached hydrogens (tertiary/aromatic N) is 2. The molecular weight excluding hydrogens is 184 g/mol. The molecule has 2 aromatic rings. The van der Waals surface area contributed by atoms with Crippen LogP contribution >= 0.6 is 0 Å². The lowest BCUT2D eigenvalue weighted by Crippen LogP contribution is -1.94. The van der Waals surface area contributed by atoms with Crippen LogP contribution in [0.25, 0.3) is 10.9 Å². The van der Waals surface area contributed by atoms with Crippen molar-refractivity contribution in [1.82, 2.24) is 4.57 Å². The molecule has 2 heteroatoms. The summed E-state index contributed by atoms with van der Waals surface area (Å²) in [7, 11) is 1.96. The fourth-order valence-electron chi connectivity index (χ4n) is 2.19. The highest BCUT2D eigenvalue weighted by Crippen LogP contribution is 2.28. The zero-order chi connectivity index (χ0) is 11.2. The van der Waals surface area contributed by atoms with Gasteiger partial charge < -0.3 is 4.57 Å². The van der Waals surface area contributed by atoms with Crippen LogP contribution in [0.1, 0.15) is 22.4 Å². The van der Waals surface area contributed by atoms with Gasteiger partial charge in [-0.05, 0) is 37.5 Å². The second-order valence-electron chi connectivity index (χ2n) is 4.05. The highest BCUT2D eigenvalue weighted by atomic mass is 14.9. The summed E-state index contributed by atoms with van der Waals surface area (Å²) in [6.45, 7) is 6.22. The molecule has 1 aromatic carbocycles. The zero-order valence-electron chi connectivity index (χ0n) is 9.55. The maximum atomic E-state index is 9.09. The molecule has 1 aromatic heterocycles. The minimum Gasteiger partial charge on any atom is -0.335 e. The minimum atomic E-state index is 0.763. The van der Waals surface area contributed by atoms with Crippen LogP contribution in [0.2, 0.25) is 0 Å². The Morgan fingerprint density at radius 1 is 1.13 bits per heavy atom. The first kappa shape index (κ1) is 9.79. The fourth-order valence-corrected chi connectivity index (χ4v) is 2.19. The second-order valence-corrected chi connectivity index (χ2v) is 4.05. The summed E-state index contributed by atoms with van der Waals surface area (Å²) >= 11 is 0. The predicted octanol–water partition coefficient (Wildman–Crippen LogP) is 2.98. The third kappa shape index (κ3) is 1.16. The van der Waals surface area contributed by atoms with E-state index in [1.165, 1.54) is 22.0 Å². The van der Waals surface area contributed by atoms with E-state index in [1.54, 1.807) is 0 Å². The molecule has 0 saturated heterocycles. The molecule has 0 amide bonds. The van der Waals surface area contributed by atoms with Gasteiger partial charge >= 0.3 is 0 Å². The molecule has 15 heavy (non-hydrogen) atoms. The van der Waals surface area contributed by atoms with Crippen LogP contribution in [-0.4, -0.2) is 4.57 Å². The van der Waals surface area contributed by atoms with Crippen LogP contribution < -0.4 is 0 Å². The van der Waals surface area contributed by atoms with E-state index < -0.39 is 0 Å². The highest BCUT2D eigenvalue weighted by Gasteiger charge is 2.13. The quantitative estimate of drug-likeness (QED) is 0.639. The lowest BCUT2D eigenvalue weighted by atomic mass is 10.0. The number of benzene rings is 1. The number of nitriles is 1.